The molecule has 1 N–H and O–H groups in total. The van der Waals surface area contributed by atoms with Crippen LogP contribution in [0.4, 0.5) is 0 Å². The zero-order chi connectivity index (χ0) is 8.06. The van der Waals surface area contributed by atoms with Crippen LogP contribution in [0, 0.1) is 0 Å². The lowest BCUT2D eigenvalue weighted by atomic mass is 9.88. The molecule has 0 aliphatic carbocycles. The second kappa shape index (κ2) is 2.20. The molecule has 0 radical (unpaired) electrons. The van der Waals surface area contributed by atoms with Gasteiger partial charge in [-0.3, -0.25) is 0 Å². The van der Waals surface area contributed by atoms with Crippen molar-refractivity contribution >= 4 is 0 Å². The molecular weight excluding hydrogens is 138 g/mol. The van der Waals surface area contributed by atoms with E-state index >= 15 is 0 Å². The fourth-order valence-corrected chi connectivity index (χ4v) is 2.68. The van der Waals surface area contributed by atoms with E-state index in [2.05, 4.69) is 11.9 Å². The number of piperidine rings is 1. The summed E-state index contributed by atoms with van der Waals surface area (Å²) in [5.74, 6) is 0. The van der Waals surface area contributed by atoms with Crippen LogP contribution in [0.15, 0.2) is 0 Å². The maximum Gasteiger partial charge on any atom is 0.0649 e. The molecule has 2 rings (SSSR count). The second-order valence-electron chi connectivity index (χ2n) is 4.46. The molecule has 2 heterocycles. The normalized spacial score (nSPS) is 51.5. The van der Waals surface area contributed by atoms with Crippen molar-refractivity contribution < 1.29 is 5.11 Å². The molecule has 2 nitrogen and oxygen atoms in total. The fourth-order valence-electron chi connectivity index (χ4n) is 2.68. The Bertz CT molecular complexity index is 151. The van der Waals surface area contributed by atoms with E-state index in [0.717, 1.165) is 12.8 Å². The van der Waals surface area contributed by atoms with Gasteiger partial charge < -0.3 is 10.0 Å². The van der Waals surface area contributed by atoms with Gasteiger partial charge in [-0.25, -0.2) is 0 Å². The lowest BCUT2D eigenvalue weighted by Crippen LogP contribution is -2.47. The number of hydrogen-bond donors (Lipinski definition) is 1. The van der Waals surface area contributed by atoms with Gasteiger partial charge in [0.25, 0.3) is 0 Å². The average molecular weight is 155 g/mol. The molecule has 2 unspecified atom stereocenters. The van der Waals surface area contributed by atoms with Crippen molar-refractivity contribution in [2.24, 2.45) is 0 Å². The number of fused-ring (bicyclic) bond motifs is 2. The van der Waals surface area contributed by atoms with Gasteiger partial charge in [-0.05, 0) is 39.7 Å². The van der Waals surface area contributed by atoms with Crippen LogP contribution in [0.25, 0.3) is 0 Å². The SMILES string of the molecule is CN1C2CCC1CC(C)(O)C2. The lowest BCUT2D eigenvalue weighted by Gasteiger charge is -2.40. The van der Waals surface area contributed by atoms with E-state index in [4.69, 9.17) is 0 Å². The van der Waals surface area contributed by atoms with Crippen molar-refractivity contribution in [3.8, 4) is 0 Å². The van der Waals surface area contributed by atoms with E-state index in [9.17, 15) is 5.11 Å². The van der Waals surface area contributed by atoms with Gasteiger partial charge in [0, 0.05) is 12.1 Å². The first-order valence-corrected chi connectivity index (χ1v) is 4.53. The van der Waals surface area contributed by atoms with Crippen LogP contribution in [0.2, 0.25) is 0 Å². The Kier molecular flexibility index (Phi) is 1.52. The minimum Gasteiger partial charge on any atom is -0.390 e. The van der Waals surface area contributed by atoms with E-state index in [0.29, 0.717) is 12.1 Å². The van der Waals surface area contributed by atoms with Crippen LogP contribution in [0.3, 0.4) is 0 Å². The number of aliphatic hydroxyl groups is 1. The molecule has 2 heteroatoms. The van der Waals surface area contributed by atoms with Gasteiger partial charge in [0.05, 0.1) is 5.60 Å². The summed E-state index contributed by atoms with van der Waals surface area (Å²) < 4.78 is 0. The van der Waals surface area contributed by atoms with Crippen LogP contribution in [0.5, 0.6) is 0 Å². The summed E-state index contributed by atoms with van der Waals surface area (Å²) in [5, 5.41) is 9.85. The first kappa shape index (κ1) is 7.56. The first-order chi connectivity index (χ1) is 5.08. The second-order valence-corrected chi connectivity index (χ2v) is 4.46. The molecule has 0 spiro atoms. The topological polar surface area (TPSA) is 23.5 Å². The largest absolute Gasteiger partial charge is 0.390 e. The van der Waals surface area contributed by atoms with Crippen LogP contribution in [-0.4, -0.2) is 34.7 Å². The Balaban J connectivity index is 2.14. The van der Waals surface area contributed by atoms with Crippen molar-refractivity contribution in [2.75, 3.05) is 7.05 Å². The van der Waals surface area contributed by atoms with E-state index in [1.54, 1.807) is 0 Å². The molecule has 2 aliphatic rings. The highest BCUT2D eigenvalue weighted by atomic mass is 16.3. The number of hydrogen-bond acceptors (Lipinski definition) is 2. The Morgan fingerprint density at radius 1 is 1.27 bits per heavy atom. The average Bonchev–Trinajstić information content (AvgIpc) is 2.19. The molecule has 0 amide bonds. The fraction of sp³-hybridized carbons (Fsp3) is 1.00. The molecule has 0 saturated carbocycles. The smallest absolute Gasteiger partial charge is 0.0649 e. The van der Waals surface area contributed by atoms with Gasteiger partial charge in [0.1, 0.15) is 0 Å². The summed E-state index contributed by atoms with van der Waals surface area (Å²) in [6, 6.07) is 1.31. The van der Waals surface area contributed by atoms with Crippen molar-refractivity contribution in [1.29, 1.82) is 0 Å². The molecule has 0 aromatic heterocycles. The van der Waals surface area contributed by atoms with Crippen molar-refractivity contribution in [3.63, 3.8) is 0 Å². The summed E-state index contributed by atoms with van der Waals surface area (Å²) in [6.07, 6.45) is 4.52. The third kappa shape index (κ3) is 1.18. The predicted octanol–water partition coefficient (Wildman–Crippen LogP) is 0.994. The molecule has 2 bridgehead atoms. The lowest BCUT2D eigenvalue weighted by molar-refractivity contribution is -0.0298. The summed E-state index contributed by atoms with van der Waals surface area (Å²) in [6.45, 7) is 1.98. The van der Waals surface area contributed by atoms with Crippen molar-refractivity contribution in [1.82, 2.24) is 4.90 Å². The molecular formula is C9H17NO. The molecule has 2 atom stereocenters. The molecule has 2 fully saturated rings. The standard InChI is InChI=1S/C9H17NO/c1-9(11)5-7-3-4-8(6-9)10(7)2/h7-8,11H,3-6H2,1-2H3. The van der Waals surface area contributed by atoms with Crippen LogP contribution in [-0.2, 0) is 0 Å². The summed E-state index contributed by atoms with van der Waals surface area (Å²) in [4.78, 5) is 2.44. The van der Waals surface area contributed by atoms with Crippen molar-refractivity contribution in [2.45, 2.75) is 50.3 Å². The van der Waals surface area contributed by atoms with Gasteiger partial charge in [-0.15, -0.1) is 0 Å². The summed E-state index contributed by atoms with van der Waals surface area (Å²) in [5.41, 5.74) is -0.377. The molecule has 0 aromatic rings. The van der Waals surface area contributed by atoms with E-state index in [1.807, 2.05) is 6.92 Å². The summed E-state index contributed by atoms with van der Waals surface area (Å²) in [7, 11) is 2.19. The van der Waals surface area contributed by atoms with Gasteiger partial charge in [0.2, 0.25) is 0 Å². The maximum atomic E-state index is 9.85. The minimum atomic E-state index is -0.377. The Morgan fingerprint density at radius 3 is 2.18 bits per heavy atom. The minimum absolute atomic E-state index is 0.377. The van der Waals surface area contributed by atoms with Gasteiger partial charge in [-0.1, -0.05) is 0 Å². The Hall–Kier alpha value is -0.0800. The highest BCUT2D eigenvalue weighted by Crippen LogP contribution is 2.39. The molecule has 64 valence electrons. The zero-order valence-corrected chi connectivity index (χ0v) is 7.38. The third-order valence-electron chi connectivity index (χ3n) is 3.34. The highest BCUT2D eigenvalue weighted by molar-refractivity contribution is 4.98. The van der Waals surface area contributed by atoms with Gasteiger partial charge >= 0.3 is 0 Å². The Morgan fingerprint density at radius 2 is 1.73 bits per heavy atom. The maximum absolute atomic E-state index is 9.85. The van der Waals surface area contributed by atoms with E-state index < -0.39 is 0 Å². The van der Waals surface area contributed by atoms with Gasteiger partial charge in [-0.2, -0.15) is 0 Å². The van der Waals surface area contributed by atoms with Crippen molar-refractivity contribution in [3.05, 3.63) is 0 Å². The molecule has 0 aromatic carbocycles. The highest BCUT2D eigenvalue weighted by Gasteiger charge is 2.43. The molecule has 2 aliphatic heterocycles. The van der Waals surface area contributed by atoms with Crippen LogP contribution in [0.1, 0.15) is 32.6 Å². The van der Waals surface area contributed by atoms with Crippen LogP contribution < -0.4 is 0 Å². The van der Waals surface area contributed by atoms with Crippen LogP contribution >= 0.6 is 0 Å². The third-order valence-corrected chi connectivity index (χ3v) is 3.34. The quantitative estimate of drug-likeness (QED) is 0.564. The predicted molar refractivity (Wildman–Crippen MR) is 44.4 cm³/mol. The number of nitrogens with zero attached hydrogens (tertiary/aromatic N) is 1. The zero-order valence-electron chi connectivity index (χ0n) is 7.38. The van der Waals surface area contributed by atoms with Gasteiger partial charge in [0.15, 0.2) is 0 Å². The van der Waals surface area contributed by atoms with E-state index in [-0.39, 0.29) is 5.60 Å². The monoisotopic (exact) mass is 155 g/mol. The molecule has 11 heavy (non-hydrogen) atoms. The molecule has 2 saturated heterocycles. The summed E-state index contributed by atoms with van der Waals surface area (Å²) >= 11 is 0. The van der Waals surface area contributed by atoms with E-state index in [1.165, 1.54) is 12.8 Å². The number of rotatable bonds is 0. The Labute approximate surface area is 68.2 Å². The first-order valence-electron chi connectivity index (χ1n) is 4.53.